The zero-order valence-electron chi connectivity index (χ0n) is 11.0. The van der Waals surface area contributed by atoms with Gasteiger partial charge >= 0.3 is 0 Å². The second-order valence-electron chi connectivity index (χ2n) is 4.73. The lowest BCUT2D eigenvalue weighted by Gasteiger charge is -2.36. The third kappa shape index (κ3) is 2.34. The molecule has 1 aliphatic rings. The highest BCUT2D eigenvalue weighted by Gasteiger charge is 2.27. The first kappa shape index (κ1) is 12.9. The Labute approximate surface area is 108 Å². The third-order valence-electron chi connectivity index (χ3n) is 3.58. The van der Waals surface area contributed by atoms with Gasteiger partial charge in [0.15, 0.2) is 0 Å². The van der Waals surface area contributed by atoms with Crippen molar-refractivity contribution in [3.05, 3.63) is 29.8 Å². The predicted molar refractivity (Wildman–Crippen MR) is 73.5 cm³/mol. The molecule has 1 aromatic rings. The van der Waals surface area contributed by atoms with Crippen LogP contribution in [0.1, 0.15) is 31.9 Å². The number of rotatable bonds is 3. The predicted octanol–water partition coefficient (Wildman–Crippen LogP) is 1.42. The van der Waals surface area contributed by atoms with Gasteiger partial charge in [-0.05, 0) is 25.0 Å². The molecular weight excluding hydrogens is 226 g/mol. The van der Waals surface area contributed by atoms with Crippen molar-refractivity contribution in [3.8, 4) is 0 Å². The molecule has 0 bridgehead atoms. The van der Waals surface area contributed by atoms with Gasteiger partial charge in [0.25, 0.3) is 0 Å². The number of para-hydroxylation sites is 1. The minimum atomic E-state index is -0.135. The van der Waals surface area contributed by atoms with E-state index in [1.807, 2.05) is 19.1 Å². The molecule has 1 unspecified atom stereocenters. The van der Waals surface area contributed by atoms with E-state index in [4.69, 9.17) is 5.73 Å². The van der Waals surface area contributed by atoms with Gasteiger partial charge in [0.1, 0.15) is 6.04 Å². The van der Waals surface area contributed by atoms with E-state index >= 15 is 0 Å². The Balaban J connectivity index is 2.35. The quantitative estimate of drug-likeness (QED) is 0.849. The van der Waals surface area contributed by atoms with E-state index < -0.39 is 0 Å². The van der Waals surface area contributed by atoms with Gasteiger partial charge in [-0.2, -0.15) is 0 Å². The molecule has 1 saturated heterocycles. The number of nitrogens with two attached hydrogens (primary N) is 1. The summed E-state index contributed by atoms with van der Waals surface area (Å²) < 4.78 is 0. The molecule has 4 heteroatoms. The Hall–Kier alpha value is -1.55. The fourth-order valence-corrected chi connectivity index (χ4v) is 2.39. The van der Waals surface area contributed by atoms with E-state index in [0.717, 1.165) is 24.2 Å². The van der Waals surface area contributed by atoms with Crippen LogP contribution < -0.4 is 16.0 Å². The first-order valence-corrected chi connectivity index (χ1v) is 6.54. The zero-order valence-corrected chi connectivity index (χ0v) is 11.0. The molecule has 2 atom stereocenters. The van der Waals surface area contributed by atoms with Gasteiger partial charge in [-0.1, -0.05) is 25.1 Å². The number of nitrogens with zero attached hydrogens (tertiary/aromatic N) is 1. The summed E-state index contributed by atoms with van der Waals surface area (Å²) in [5.41, 5.74) is 8.37. The van der Waals surface area contributed by atoms with Crippen LogP contribution in [0.5, 0.6) is 0 Å². The van der Waals surface area contributed by atoms with Crippen molar-refractivity contribution >= 4 is 11.6 Å². The molecule has 1 heterocycles. The minimum Gasteiger partial charge on any atom is -0.358 e. The molecule has 18 heavy (non-hydrogen) atoms. The van der Waals surface area contributed by atoms with Crippen LogP contribution in [0.4, 0.5) is 5.69 Å². The SMILES string of the molecule is CC[C@@H](N)c1ccccc1N1CCNC(=O)C1C. The fraction of sp³-hybridized carbons (Fsp3) is 0.500. The summed E-state index contributed by atoms with van der Waals surface area (Å²) in [6, 6.07) is 8.01. The normalized spacial score (nSPS) is 21.6. The molecule has 0 spiro atoms. The van der Waals surface area contributed by atoms with E-state index in [2.05, 4.69) is 29.3 Å². The summed E-state index contributed by atoms with van der Waals surface area (Å²) in [7, 11) is 0. The topological polar surface area (TPSA) is 58.4 Å². The molecule has 4 nitrogen and oxygen atoms in total. The number of benzene rings is 1. The van der Waals surface area contributed by atoms with E-state index in [-0.39, 0.29) is 18.0 Å². The first-order valence-electron chi connectivity index (χ1n) is 6.54. The summed E-state index contributed by atoms with van der Waals surface area (Å²) in [4.78, 5) is 13.9. The van der Waals surface area contributed by atoms with Crippen molar-refractivity contribution in [2.45, 2.75) is 32.4 Å². The molecule has 1 aliphatic heterocycles. The number of piperazine rings is 1. The average molecular weight is 247 g/mol. The largest absolute Gasteiger partial charge is 0.358 e. The lowest BCUT2D eigenvalue weighted by atomic mass is 10.0. The summed E-state index contributed by atoms with van der Waals surface area (Å²) in [5.74, 6) is 0.0844. The van der Waals surface area contributed by atoms with Crippen LogP contribution in [0, 0.1) is 0 Å². The summed E-state index contributed by atoms with van der Waals surface area (Å²) >= 11 is 0. The monoisotopic (exact) mass is 247 g/mol. The molecule has 1 aromatic carbocycles. The number of amides is 1. The number of hydrogen-bond donors (Lipinski definition) is 2. The van der Waals surface area contributed by atoms with Gasteiger partial charge in [0.2, 0.25) is 5.91 Å². The minimum absolute atomic E-state index is 0.0263. The molecule has 0 saturated carbocycles. The van der Waals surface area contributed by atoms with Gasteiger partial charge in [0.05, 0.1) is 0 Å². The van der Waals surface area contributed by atoms with E-state index in [1.54, 1.807) is 0 Å². The maximum atomic E-state index is 11.7. The smallest absolute Gasteiger partial charge is 0.242 e. The zero-order chi connectivity index (χ0) is 13.1. The molecular formula is C14H21N3O. The average Bonchev–Trinajstić information content (AvgIpc) is 2.41. The fourth-order valence-electron chi connectivity index (χ4n) is 2.39. The highest BCUT2D eigenvalue weighted by Crippen LogP contribution is 2.28. The maximum absolute atomic E-state index is 11.7. The molecule has 0 aliphatic carbocycles. The summed E-state index contributed by atoms with van der Waals surface area (Å²) in [6.45, 7) is 5.54. The second-order valence-corrected chi connectivity index (χ2v) is 4.73. The van der Waals surface area contributed by atoms with Crippen molar-refractivity contribution in [2.75, 3.05) is 18.0 Å². The molecule has 2 rings (SSSR count). The third-order valence-corrected chi connectivity index (χ3v) is 3.58. The number of carbonyl (C=O) groups excluding carboxylic acids is 1. The van der Waals surface area contributed by atoms with Crippen molar-refractivity contribution in [1.29, 1.82) is 0 Å². The number of hydrogen-bond acceptors (Lipinski definition) is 3. The highest BCUT2D eigenvalue weighted by molar-refractivity contribution is 5.86. The van der Waals surface area contributed by atoms with Crippen LogP contribution in [0.2, 0.25) is 0 Å². The Morgan fingerprint density at radius 3 is 2.94 bits per heavy atom. The molecule has 0 aromatic heterocycles. The molecule has 1 fully saturated rings. The van der Waals surface area contributed by atoms with Gasteiger partial charge in [-0.3, -0.25) is 4.79 Å². The lowest BCUT2D eigenvalue weighted by molar-refractivity contribution is -0.122. The Kier molecular flexibility index (Phi) is 3.87. The molecule has 98 valence electrons. The van der Waals surface area contributed by atoms with Crippen molar-refractivity contribution in [2.24, 2.45) is 5.73 Å². The molecule has 3 N–H and O–H groups in total. The van der Waals surface area contributed by atoms with Crippen LogP contribution in [0.25, 0.3) is 0 Å². The number of carbonyl (C=O) groups is 1. The molecule has 1 amide bonds. The highest BCUT2D eigenvalue weighted by atomic mass is 16.2. The first-order chi connectivity index (χ1) is 8.65. The molecule has 0 radical (unpaired) electrons. The van der Waals surface area contributed by atoms with E-state index in [9.17, 15) is 4.79 Å². The van der Waals surface area contributed by atoms with E-state index in [1.165, 1.54) is 0 Å². The van der Waals surface area contributed by atoms with Gasteiger partial charge in [-0.15, -0.1) is 0 Å². The van der Waals surface area contributed by atoms with Crippen molar-refractivity contribution in [1.82, 2.24) is 5.32 Å². The second kappa shape index (κ2) is 5.40. The van der Waals surface area contributed by atoms with Crippen LogP contribution in [0.3, 0.4) is 0 Å². The van der Waals surface area contributed by atoms with Gasteiger partial charge < -0.3 is 16.0 Å². The Morgan fingerprint density at radius 2 is 2.22 bits per heavy atom. The van der Waals surface area contributed by atoms with Gasteiger partial charge in [-0.25, -0.2) is 0 Å². The summed E-state index contributed by atoms with van der Waals surface area (Å²) in [6.07, 6.45) is 0.894. The number of anilines is 1. The Morgan fingerprint density at radius 1 is 1.50 bits per heavy atom. The standard InChI is InChI=1S/C14H21N3O/c1-3-12(15)11-6-4-5-7-13(11)17-9-8-16-14(18)10(17)2/h4-7,10,12H,3,8-9,15H2,1-2H3,(H,16,18)/t10?,12-/m1/s1. The van der Waals surface area contributed by atoms with Crippen LogP contribution in [-0.4, -0.2) is 25.0 Å². The number of nitrogens with one attached hydrogen (secondary N) is 1. The lowest BCUT2D eigenvalue weighted by Crippen LogP contribution is -2.54. The Bertz CT molecular complexity index is 433. The van der Waals surface area contributed by atoms with E-state index in [0.29, 0.717) is 6.54 Å². The van der Waals surface area contributed by atoms with Crippen molar-refractivity contribution < 1.29 is 4.79 Å². The summed E-state index contributed by atoms with van der Waals surface area (Å²) in [5, 5.41) is 2.88. The maximum Gasteiger partial charge on any atom is 0.242 e. The van der Waals surface area contributed by atoms with Crippen molar-refractivity contribution in [3.63, 3.8) is 0 Å². The van der Waals surface area contributed by atoms with Crippen LogP contribution in [0.15, 0.2) is 24.3 Å². The van der Waals surface area contributed by atoms with Gasteiger partial charge in [0, 0.05) is 24.8 Å². The van der Waals surface area contributed by atoms with Crippen LogP contribution >= 0.6 is 0 Å². The van der Waals surface area contributed by atoms with Crippen LogP contribution in [-0.2, 0) is 4.79 Å².